The molecule has 6 rings (SSSR count). The normalized spacial score (nSPS) is 11.8. The zero-order valence-electron chi connectivity index (χ0n) is 21.0. The molecule has 6 aromatic rings. The van der Waals surface area contributed by atoms with Crippen molar-refractivity contribution in [2.24, 2.45) is 7.05 Å². The van der Waals surface area contributed by atoms with Crippen LogP contribution in [0.5, 0.6) is 0 Å². The molecule has 0 unspecified atom stereocenters. The molecule has 3 N–H and O–H groups in total. The maximum Gasteiger partial charge on any atom is 0.274 e. The Labute approximate surface area is 226 Å². The summed E-state index contributed by atoms with van der Waals surface area (Å²) in [6, 6.07) is 14.1. The van der Waals surface area contributed by atoms with Gasteiger partial charge in [-0.25, -0.2) is 9.50 Å². The van der Waals surface area contributed by atoms with Gasteiger partial charge in [-0.15, -0.1) is 11.3 Å². The monoisotopic (exact) mass is 534 g/mol. The molecule has 5 heterocycles. The van der Waals surface area contributed by atoms with E-state index in [2.05, 4.69) is 32.3 Å². The van der Waals surface area contributed by atoms with E-state index in [9.17, 15) is 9.59 Å². The van der Waals surface area contributed by atoms with Gasteiger partial charge in [0.2, 0.25) is 0 Å². The number of carbonyl (C=O) groups is 1. The number of thiophene rings is 1. The molecule has 192 valence electrons. The number of aryl methyl sites for hydroxylation is 1. The summed E-state index contributed by atoms with van der Waals surface area (Å²) in [6.45, 7) is 1.82. The Kier molecular flexibility index (Phi) is 5.94. The third-order valence-corrected chi connectivity index (χ3v) is 7.19. The fourth-order valence-electron chi connectivity index (χ4n) is 4.46. The van der Waals surface area contributed by atoms with E-state index in [1.165, 1.54) is 15.9 Å². The number of hydrogen-bond donors (Lipinski definition) is 2. The quantitative estimate of drug-likeness (QED) is 0.335. The number of rotatable bonds is 4. The first kappa shape index (κ1) is 24.1. The predicted molar refractivity (Wildman–Crippen MR) is 150 cm³/mol. The number of anilines is 1. The predicted octanol–water partition coefficient (Wildman–Crippen LogP) is 3.30. The number of benzene rings is 1. The number of aromatic nitrogens is 6. The zero-order valence-corrected chi connectivity index (χ0v) is 21.8. The summed E-state index contributed by atoms with van der Waals surface area (Å²) < 4.78 is 5.47. The molecular weight excluding hydrogens is 512 g/mol. The van der Waals surface area contributed by atoms with E-state index in [0.29, 0.717) is 28.0 Å². The molecule has 0 aliphatic rings. The molecule has 0 saturated carbocycles. The number of carbonyl (C=O) groups excluding carboxylic acids is 1. The number of nitrogens with two attached hydrogens (primary N) is 1. The summed E-state index contributed by atoms with van der Waals surface area (Å²) in [6.07, 6.45) is 5.05. The molecule has 0 spiro atoms. The molecule has 1 atom stereocenters. The van der Waals surface area contributed by atoms with E-state index in [0.717, 1.165) is 10.3 Å². The summed E-state index contributed by atoms with van der Waals surface area (Å²) in [5.41, 5.74) is 9.13. The Balaban J connectivity index is 1.45. The highest BCUT2D eigenvalue weighted by molar-refractivity contribution is 7.17. The summed E-state index contributed by atoms with van der Waals surface area (Å²) in [4.78, 5) is 31.6. The van der Waals surface area contributed by atoms with Gasteiger partial charge in [-0.3, -0.25) is 18.8 Å². The number of hydrogen-bond acceptors (Lipinski definition) is 7. The van der Waals surface area contributed by atoms with Crippen LogP contribution < -0.4 is 16.6 Å². The molecule has 0 fully saturated rings. The van der Waals surface area contributed by atoms with Gasteiger partial charge in [0, 0.05) is 46.5 Å². The van der Waals surface area contributed by atoms with Gasteiger partial charge in [0.05, 0.1) is 23.2 Å². The lowest BCUT2D eigenvalue weighted by molar-refractivity contribution is 0.0932. The molecule has 0 aliphatic heterocycles. The van der Waals surface area contributed by atoms with Crippen molar-refractivity contribution in [3.63, 3.8) is 0 Å². The molecule has 0 aliphatic carbocycles. The highest BCUT2D eigenvalue weighted by Gasteiger charge is 2.24. The van der Waals surface area contributed by atoms with Crippen LogP contribution in [-0.2, 0) is 7.05 Å². The van der Waals surface area contributed by atoms with E-state index in [4.69, 9.17) is 5.73 Å². The number of para-hydroxylation sites is 1. The minimum absolute atomic E-state index is 0.0735. The van der Waals surface area contributed by atoms with Crippen molar-refractivity contribution in [1.29, 1.82) is 0 Å². The Morgan fingerprint density at radius 3 is 2.72 bits per heavy atom. The lowest BCUT2D eigenvalue weighted by Gasteiger charge is -2.20. The molecular formula is C28H22N8O2S. The summed E-state index contributed by atoms with van der Waals surface area (Å²) in [7, 11) is 1.82. The first-order chi connectivity index (χ1) is 18.9. The number of nitrogen functional groups attached to an aromatic ring is 1. The minimum Gasteiger partial charge on any atom is -0.382 e. The Bertz CT molecular complexity index is 1990. The standard InChI is InChI=1S/C28H22N8O2S/c1-17(32-27(37)25-26(29)33-23-9-6-12-30-36(23)25)21-13-22-24(28(38)35(21)20-7-4-3-5-8-20)19(16-39-22)11-10-18-14-31-34(2)15-18/h3-9,12-17H,29H2,1-2H3,(H,32,37)/t17-/m1/s1. The maximum absolute atomic E-state index is 14.0. The number of nitrogens with zero attached hydrogens (tertiary/aromatic N) is 6. The third kappa shape index (κ3) is 4.32. The molecule has 39 heavy (non-hydrogen) atoms. The number of fused-ring (bicyclic) bond motifs is 2. The lowest BCUT2D eigenvalue weighted by Crippen LogP contribution is -2.33. The van der Waals surface area contributed by atoms with Crippen molar-refractivity contribution in [3.05, 3.63) is 105 Å². The van der Waals surface area contributed by atoms with Crippen LogP contribution in [0.4, 0.5) is 5.82 Å². The second kappa shape index (κ2) is 9.59. The van der Waals surface area contributed by atoms with E-state index >= 15 is 0 Å². The van der Waals surface area contributed by atoms with Gasteiger partial charge in [0.15, 0.2) is 17.2 Å². The van der Waals surface area contributed by atoms with Crippen LogP contribution in [0.15, 0.2) is 77.3 Å². The van der Waals surface area contributed by atoms with Gasteiger partial charge in [-0.05, 0) is 37.3 Å². The highest BCUT2D eigenvalue weighted by atomic mass is 32.1. The molecule has 0 radical (unpaired) electrons. The molecule has 5 aromatic heterocycles. The summed E-state index contributed by atoms with van der Waals surface area (Å²) in [5.74, 6) is 5.84. The van der Waals surface area contributed by atoms with Crippen molar-refractivity contribution in [2.45, 2.75) is 13.0 Å². The number of amides is 1. The van der Waals surface area contributed by atoms with E-state index < -0.39 is 11.9 Å². The van der Waals surface area contributed by atoms with Crippen LogP contribution in [0.2, 0.25) is 0 Å². The Hall–Kier alpha value is -5.21. The van der Waals surface area contributed by atoms with Crippen molar-refractivity contribution in [1.82, 2.24) is 34.3 Å². The van der Waals surface area contributed by atoms with Crippen LogP contribution in [0, 0.1) is 11.8 Å². The number of pyridine rings is 1. The topological polar surface area (TPSA) is 125 Å². The van der Waals surface area contributed by atoms with Crippen molar-refractivity contribution in [2.75, 3.05) is 5.73 Å². The minimum atomic E-state index is -0.560. The zero-order chi connectivity index (χ0) is 27.1. The molecule has 0 bridgehead atoms. The van der Waals surface area contributed by atoms with Crippen molar-refractivity contribution in [3.8, 4) is 17.5 Å². The number of nitrogens with one attached hydrogen (secondary N) is 1. The Morgan fingerprint density at radius 1 is 1.13 bits per heavy atom. The summed E-state index contributed by atoms with van der Waals surface area (Å²) >= 11 is 1.43. The van der Waals surface area contributed by atoms with Crippen LogP contribution in [-0.4, -0.2) is 34.9 Å². The van der Waals surface area contributed by atoms with Crippen LogP contribution in [0.1, 0.15) is 40.3 Å². The molecule has 10 nitrogen and oxygen atoms in total. The smallest absolute Gasteiger partial charge is 0.274 e. The fraction of sp³-hybridized carbons (Fsp3) is 0.107. The Morgan fingerprint density at radius 2 is 1.95 bits per heavy atom. The fourth-order valence-corrected chi connectivity index (χ4v) is 5.39. The first-order valence-electron chi connectivity index (χ1n) is 12.0. The van der Waals surface area contributed by atoms with E-state index in [1.807, 2.05) is 61.9 Å². The second-order valence-electron chi connectivity index (χ2n) is 8.92. The largest absolute Gasteiger partial charge is 0.382 e. The molecule has 1 aromatic carbocycles. The van der Waals surface area contributed by atoms with Crippen LogP contribution in [0.25, 0.3) is 21.4 Å². The van der Waals surface area contributed by atoms with Gasteiger partial charge in [0.25, 0.3) is 11.5 Å². The van der Waals surface area contributed by atoms with Crippen LogP contribution in [0.3, 0.4) is 0 Å². The maximum atomic E-state index is 14.0. The van der Waals surface area contributed by atoms with Gasteiger partial charge in [-0.1, -0.05) is 30.0 Å². The van der Waals surface area contributed by atoms with Crippen molar-refractivity contribution >= 4 is 38.8 Å². The lowest BCUT2D eigenvalue weighted by atomic mass is 10.1. The highest BCUT2D eigenvalue weighted by Crippen LogP contribution is 2.28. The second-order valence-corrected chi connectivity index (χ2v) is 9.83. The van der Waals surface area contributed by atoms with Crippen LogP contribution >= 0.6 is 11.3 Å². The summed E-state index contributed by atoms with van der Waals surface area (Å²) in [5, 5.41) is 13.7. The molecule has 1 amide bonds. The van der Waals surface area contributed by atoms with Gasteiger partial charge < -0.3 is 11.1 Å². The SMILES string of the molecule is C[C@@H](NC(=O)c1c(N)nc2cccnn12)c1cc2scc(C#Cc3cnn(C)c3)c2c(=O)n1-c1ccccc1. The molecule has 11 heteroatoms. The van der Waals surface area contributed by atoms with Gasteiger partial charge >= 0.3 is 0 Å². The van der Waals surface area contributed by atoms with E-state index in [1.54, 1.807) is 33.8 Å². The van der Waals surface area contributed by atoms with E-state index in [-0.39, 0.29) is 17.1 Å². The average Bonchev–Trinajstić information content (AvgIpc) is 3.63. The molecule has 0 saturated heterocycles. The first-order valence-corrected chi connectivity index (χ1v) is 12.9. The number of imidazole rings is 1. The van der Waals surface area contributed by atoms with Gasteiger partial charge in [-0.2, -0.15) is 10.2 Å². The average molecular weight is 535 g/mol. The van der Waals surface area contributed by atoms with Crippen molar-refractivity contribution < 1.29 is 4.79 Å². The third-order valence-electron chi connectivity index (χ3n) is 6.26. The van der Waals surface area contributed by atoms with Gasteiger partial charge in [0.1, 0.15) is 0 Å².